The molecule has 0 saturated heterocycles. The van der Waals surface area contributed by atoms with Crippen LogP contribution in [0.3, 0.4) is 0 Å². The van der Waals surface area contributed by atoms with Crippen molar-refractivity contribution < 1.29 is 9.90 Å². The van der Waals surface area contributed by atoms with Crippen molar-refractivity contribution >= 4 is 5.91 Å². The minimum absolute atomic E-state index is 0.0658. The molecule has 0 spiro atoms. The van der Waals surface area contributed by atoms with Crippen molar-refractivity contribution in [2.24, 2.45) is 0 Å². The van der Waals surface area contributed by atoms with Gasteiger partial charge in [0.25, 0.3) is 5.91 Å². The van der Waals surface area contributed by atoms with Crippen molar-refractivity contribution in [2.45, 2.75) is 26.3 Å². The van der Waals surface area contributed by atoms with Crippen LogP contribution in [0.2, 0.25) is 0 Å². The second kappa shape index (κ2) is 8.46. The number of nitrogens with one attached hydrogen (secondary N) is 1. The van der Waals surface area contributed by atoms with E-state index in [-0.39, 0.29) is 18.6 Å². The molecule has 0 heterocycles. The van der Waals surface area contributed by atoms with Crippen LogP contribution >= 0.6 is 0 Å². The number of hydrogen-bond donors (Lipinski definition) is 2. The summed E-state index contributed by atoms with van der Waals surface area (Å²) in [5.41, 5.74) is 2.50. The average Bonchev–Trinajstić information content (AvgIpc) is 2.39. The molecular formula is C17H24N2O2. The molecular weight excluding hydrogens is 264 g/mol. The van der Waals surface area contributed by atoms with Crippen molar-refractivity contribution in [2.75, 3.05) is 27.2 Å². The van der Waals surface area contributed by atoms with Crippen LogP contribution in [0.4, 0.5) is 0 Å². The minimum Gasteiger partial charge on any atom is -0.395 e. The number of carbonyl (C=O) groups is 1. The van der Waals surface area contributed by atoms with E-state index in [1.807, 2.05) is 45.0 Å². The topological polar surface area (TPSA) is 52.6 Å². The van der Waals surface area contributed by atoms with Gasteiger partial charge in [-0.25, -0.2) is 0 Å². The van der Waals surface area contributed by atoms with E-state index >= 15 is 0 Å². The van der Waals surface area contributed by atoms with Crippen LogP contribution in [0.5, 0.6) is 0 Å². The van der Waals surface area contributed by atoms with Crippen LogP contribution in [0.1, 0.15) is 34.8 Å². The number of hydrogen-bond acceptors (Lipinski definition) is 3. The number of carbonyl (C=O) groups excluding carboxylic acids is 1. The normalized spacial score (nSPS) is 11.7. The molecule has 0 saturated carbocycles. The van der Waals surface area contributed by atoms with Gasteiger partial charge >= 0.3 is 0 Å². The molecule has 4 heteroatoms. The maximum absolute atomic E-state index is 12.2. The third kappa shape index (κ3) is 5.99. The Balaban J connectivity index is 2.75. The van der Waals surface area contributed by atoms with Crippen LogP contribution < -0.4 is 5.32 Å². The number of likely N-dealkylation sites (N-methyl/N-ethyl adjacent to an activating group) is 1. The van der Waals surface area contributed by atoms with E-state index in [0.717, 1.165) is 17.7 Å². The van der Waals surface area contributed by atoms with Gasteiger partial charge in [0.15, 0.2) is 0 Å². The lowest BCUT2D eigenvalue weighted by Crippen LogP contribution is -2.39. The van der Waals surface area contributed by atoms with Crippen LogP contribution in [0, 0.1) is 18.8 Å². The van der Waals surface area contributed by atoms with E-state index < -0.39 is 0 Å². The first kappa shape index (κ1) is 17.2. The molecule has 2 N–H and O–H groups in total. The van der Waals surface area contributed by atoms with Crippen LogP contribution in [-0.4, -0.2) is 49.2 Å². The van der Waals surface area contributed by atoms with Crippen LogP contribution in [0.25, 0.3) is 0 Å². The second-order valence-corrected chi connectivity index (χ2v) is 5.44. The van der Waals surface area contributed by atoms with Gasteiger partial charge in [0.05, 0.1) is 6.61 Å². The maximum atomic E-state index is 12.2. The maximum Gasteiger partial charge on any atom is 0.251 e. The lowest BCUT2D eigenvalue weighted by atomic mass is 10.0. The number of aryl methyl sites for hydroxylation is 1. The van der Waals surface area contributed by atoms with E-state index in [0.29, 0.717) is 12.0 Å². The lowest BCUT2D eigenvalue weighted by Gasteiger charge is -2.18. The molecule has 1 amide bonds. The summed E-state index contributed by atoms with van der Waals surface area (Å²) in [5, 5.41) is 11.7. The van der Waals surface area contributed by atoms with Gasteiger partial charge in [0.1, 0.15) is 0 Å². The van der Waals surface area contributed by atoms with Gasteiger partial charge < -0.3 is 15.3 Å². The van der Waals surface area contributed by atoms with Crippen LogP contribution in [-0.2, 0) is 0 Å². The Hall–Kier alpha value is -1.83. The molecule has 1 atom stereocenters. The average molecular weight is 288 g/mol. The van der Waals surface area contributed by atoms with Gasteiger partial charge in [-0.15, -0.1) is 0 Å². The molecule has 1 aromatic carbocycles. The highest BCUT2D eigenvalue weighted by atomic mass is 16.2. The number of nitrogens with zero attached hydrogens (tertiary/aromatic N) is 1. The van der Waals surface area contributed by atoms with Gasteiger partial charge in [-0.3, -0.25) is 4.79 Å². The zero-order valence-corrected chi connectivity index (χ0v) is 13.2. The number of benzene rings is 1. The zero-order chi connectivity index (χ0) is 15.8. The van der Waals surface area contributed by atoms with Gasteiger partial charge in [-0.2, -0.15) is 0 Å². The van der Waals surface area contributed by atoms with Crippen molar-refractivity contribution in [3.63, 3.8) is 0 Å². The summed E-state index contributed by atoms with van der Waals surface area (Å²) in [7, 11) is 3.96. The van der Waals surface area contributed by atoms with Crippen molar-refractivity contribution in [1.82, 2.24) is 10.2 Å². The molecule has 0 bridgehead atoms. The minimum atomic E-state index is -0.0673. The largest absolute Gasteiger partial charge is 0.395 e. The fourth-order valence-corrected chi connectivity index (χ4v) is 2.06. The molecule has 0 aliphatic heterocycles. The standard InChI is InChI=1S/C17H24N2O2/c1-13-11-16(9-8-15(13)7-5-6-10-20)17(21)18-14(2)12-19(3)4/h8-9,11,14,20H,6,10,12H2,1-4H3,(H,18,21). The van der Waals surface area contributed by atoms with Crippen molar-refractivity contribution in [3.8, 4) is 11.8 Å². The Bertz CT molecular complexity index is 541. The first-order chi connectivity index (χ1) is 9.93. The van der Waals surface area contributed by atoms with E-state index in [9.17, 15) is 4.79 Å². The van der Waals surface area contributed by atoms with Gasteiger partial charge in [-0.1, -0.05) is 11.8 Å². The van der Waals surface area contributed by atoms with E-state index in [1.165, 1.54) is 0 Å². The Labute approximate surface area is 127 Å². The van der Waals surface area contributed by atoms with E-state index in [2.05, 4.69) is 17.2 Å². The Morgan fingerprint density at radius 3 is 2.71 bits per heavy atom. The Morgan fingerprint density at radius 2 is 2.14 bits per heavy atom. The molecule has 4 nitrogen and oxygen atoms in total. The summed E-state index contributed by atoms with van der Waals surface area (Å²) in [5.74, 6) is 5.82. The summed E-state index contributed by atoms with van der Waals surface area (Å²) in [6, 6.07) is 5.58. The second-order valence-electron chi connectivity index (χ2n) is 5.44. The molecule has 114 valence electrons. The molecule has 0 aliphatic rings. The molecule has 1 rings (SSSR count). The van der Waals surface area contributed by atoms with E-state index in [4.69, 9.17) is 5.11 Å². The van der Waals surface area contributed by atoms with Gasteiger partial charge in [0.2, 0.25) is 0 Å². The van der Waals surface area contributed by atoms with Gasteiger partial charge in [-0.05, 0) is 51.7 Å². The number of rotatable bonds is 5. The number of aliphatic hydroxyl groups excluding tert-OH is 1. The van der Waals surface area contributed by atoms with Crippen LogP contribution in [0.15, 0.2) is 18.2 Å². The highest BCUT2D eigenvalue weighted by Crippen LogP contribution is 2.10. The summed E-state index contributed by atoms with van der Waals surface area (Å²) < 4.78 is 0. The molecule has 0 fully saturated rings. The third-order valence-corrected chi connectivity index (χ3v) is 2.96. The predicted molar refractivity (Wildman–Crippen MR) is 85.2 cm³/mol. The predicted octanol–water partition coefficient (Wildman–Crippen LogP) is 1.41. The summed E-state index contributed by atoms with van der Waals surface area (Å²) in [6.07, 6.45) is 0.462. The third-order valence-electron chi connectivity index (χ3n) is 2.96. The molecule has 0 radical (unpaired) electrons. The number of amides is 1. The Kier molecular flexibility index (Phi) is 6.93. The van der Waals surface area contributed by atoms with Crippen molar-refractivity contribution in [3.05, 3.63) is 34.9 Å². The highest BCUT2D eigenvalue weighted by Gasteiger charge is 2.11. The molecule has 0 aromatic heterocycles. The molecule has 1 unspecified atom stereocenters. The quantitative estimate of drug-likeness (QED) is 0.806. The monoisotopic (exact) mass is 288 g/mol. The molecule has 0 aliphatic carbocycles. The fraction of sp³-hybridized carbons (Fsp3) is 0.471. The summed E-state index contributed by atoms with van der Waals surface area (Å²) >= 11 is 0. The highest BCUT2D eigenvalue weighted by molar-refractivity contribution is 5.94. The van der Waals surface area contributed by atoms with E-state index in [1.54, 1.807) is 6.07 Å². The van der Waals surface area contributed by atoms with Crippen molar-refractivity contribution in [1.29, 1.82) is 0 Å². The zero-order valence-electron chi connectivity index (χ0n) is 13.2. The lowest BCUT2D eigenvalue weighted by molar-refractivity contribution is 0.0934. The van der Waals surface area contributed by atoms with Gasteiger partial charge in [0, 0.05) is 30.1 Å². The summed E-state index contributed by atoms with van der Waals surface area (Å²) in [4.78, 5) is 14.2. The molecule has 1 aromatic rings. The molecule has 21 heavy (non-hydrogen) atoms. The SMILES string of the molecule is Cc1cc(C(=O)NC(C)CN(C)C)ccc1C#CCCO. The summed E-state index contributed by atoms with van der Waals surface area (Å²) in [6.45, 7) is 4.79. The first-order valence-electron chi connectivity index (χ1n) is 7.10. The fourth-order valence-electron chi connectivity index (χ4n) is 2.06. The number of aliphatic hydroxyl groups is 1. The first-order valence-corrected chi connectivity index (χ1v) is 7.10. The smallest absolute Gasteiger partial charge is 0.251 e. The Morgan fingerprint density at radius 1 is 1.43 bits per heavy atom.